The summed E-state index contributed by atoms with van der Waals surface area (Å²) >= 11 is 0. The first-order valence-electron chi connectivity index (χ1n) is 6.63. The summed E-state index contributed by atoms with van der Waals surface area (Å²) in [6.45, 7) is 5.50. The lowest BCUT2D eigenvalue weighted by Crippen LogP contribution is -2.57. The molecule has 0 aromatic heterocycles. The average molecular weight is 211 g/mol. The standard InChI is InChI=1S/C13H25NO/c1-11-12(2)15-13(10-14-11)8-6-4-3-5-7-9-13/h11-12,14H,3-10H2,1-2H3. The summed E-state index contributed by atoms with van der Waals surface area (Å²) in [4.78, 5) is 0. The van der Waals surface area contributed by atoms with Crippen LogP contribution in [-0.2, 0) is 4.74 Å². The lowest BCUT2D eigenvalue weighted by atomic mass is 9.85. The summed E-state index contributed by atoms with van der Waals surface area (Å²) in [5, 5.41) is 3.62. The summed E-state index contributed by atoms with van der Waals surface area (Å²) in [6, 6.07) is 0.515. The molecule has 2 fully saturated rings. The van der Waals surface area contributed by atoms with Crippen LogP contribution in [-0.4, -0.2) is 24.3 Å². The first-order valence-corrected chi connectivity index (χ1v) is 6.63. The normalized spacial score (nSPS) is 37.2. The van der Waals surface area contributed by atoms with Crippen molar-refractivity contribution < 1.29 is 4.74 Å². The fourth-order valence-electron chi connectivity index (χ4n) is 2.90. The Morgan fingerprint density at radius 3 is 2.20 bits per heavy atom. The maximum Gasteiger partial charge on any atom is 0.0810 e. The van der Waals surface area contributed by atoms with Gasteiger partial charge in [-0.25, -0.2) is 0 Å². The molecule has 2 rings (SSSR count). The molecule has 2 atom stereocenters. The predicted molar refractivity (Wildman–Crippen MR) is 63.1 cm³/mol. The summed E-state index contributed by atoms with van der Waals surface area (Å²) in [5.74, 6) is 0. The zero-order chi connectivity index (χ0) is 10.7. The third-order valence-electron chi connectivity index (χ3n) is 4.15. The fraction of sp³-hybridized carbons (Fsp3) is 1.00. The van der Waals surface area contributed by atoms with Gasteiger partial charge in [-0.15, -0.1) is 0 Å². The number of rotatable bonds is 0. The van der Waals surface area contributed by atoms with Gasteiger partial charge in [-0.2, -0.15) is 0 Å². The largest absolute Gasteiger partial charge is 0.369 e. The van der Waals surface area contributed by atoms with Crippen LogP contribution in [0.1, 0.15) is 58.8 Å². The lowest BCUT2D eigenvalue weighted by molar-refractivity contribution is -0.136. The van der Waals surface area contributed by atoms with Crippen LogP contribution in [0.5, 0.6) is 0 Å². The van der Waals surface area contributed by atoms with E-state index in [9.17, 15) is 0 Å². The highest BCUT2D eigenvalue weighted by atomic mass is 16.5. The van der Waals surface area contributed by atoms with Gasteiger partial charge in [0.2, 0.25) is 0 Å². The zero-order valence-corrected chi connectivity index (χ0v) is 10.2. The Labute approximate surface area is 93.8 Å². The molecular formula is C13H25NO. The molecule has 0 aromatic rings. The van der Waals surface area contributed by atoms with Gasteiger partial charge < -0.3 is 10.1 Å². The van der Waals surface area contributed by atoms with E-state index >= 15 is 0 Å². The SMILES string of the molecule is CC1NCC2(CCCCCCC2)OC1C. The average Bonchev–Trinajstić information content (AvgIpc) is 2.18. The smallest absolute Gasteiger partial charge is 0.0810 e. The van der Waals surface area contributed by atoms with E-state index in [1.165, 1.54) is 44.9 Å². The molecule has 1 heterocycles. The molecule has 0 radical (unpaired) electrons. The Morgan fingerprint density at radius 2 is 1.60 bits per heavy atom. The number of morpholine rings is 1. The molecule has 1 saturated carbocycles. The summed E-state index contributed by atoms with van der Waals surface area (Å²) in [5.41, 5.74) is 0.173. The first kappa shape index (κ1) is 11.4. The molecule has 0 aromatic carbocycles. The Hall–Kier alpha value is -0.0800. The van der Waals surface area contributed by atoms with Gasteiger partial charge in [0, 0.05) is 12.6 Å². The fourth-order valence-corrected chi connectivity index (χ4v) is 2.90. The lowest BCUT2D eigenvalue weighted by Gasteiger charge is -2.45. The van der Waals surface area contributed by atoms with Gasteiger partial charge in [0.05, 0.1) is 11.7 Å². The molecule has 0 bridgehead atoms. The number of ether oxygens (including phenoxy) is 1. The van der Waals surface area contributed by atoms with Gasteiger partial charge >= 0.3 is 0 Å². The zero-order valence-electron chi connectivity index (χ0n) is 10.2. The maximum absolute atomic E-state index is 6.30. The molecule has 2 aliphatic rings. The van der Waals surface area contributed by atoms with Crippen molar-refractivity contribution in [3.63, 3.8) is 0 Å². The minimum Gasteiger partial charge on any atom is -0.369 e. The summed E-state index contributed by atoms with van der Waals surface area (Å²) in [7, 11) is 0. The van der Waals surface area contributed by atoms with E-state index in [-0.39, 0.29) is 5.60 Å². The molecule has 1 aliphatic carbocycles. The molecule has 1 saturated heterocycles. The van der Waals surface area contributed by atoms with Crippen molar-refractivity contribution in [2.24, 2.45) is 0 Å². The number of hydrogen-bond acceptors (Lipinski definition) is 2. The minimum atomic E-state index is 0.173. The van der Waals surface area contributed by atoms with E-state index in [4.69, 9.17) is 4.74 Å². The van der Waals surface area contributed by atoms with Gasteiger partial charge in [0.25, 0.3) is 0 Å². The van der Waals surface area contributed by atoms with Crippen molar-refractivity contribution in [2.75, 3.05) is 6.54 Å². The molecule has 0 amide bonds. The van der Waals surface area contributed by atoms with Gasteiger partial charge in [0.1, 0.15) is 0 Å². The van der Waals surface area contributed by atoms with Crippen LogP contribution in [0.3, 0.4) is 0 Å². The van der Waals surface area contributed by atoms with Gasteiger partial charge in [0.15, 0.2) is 0 Å². The molecule has 2 unspecified atom stereocenters. The Balaban J connectivity index is 1.97. The Kier molecular flexibility index (Phi) is 3.68. The van der Waals surface area contributed by atoms with E-state index in [1.54, 1.807) is 0 Å². The molecule has 2 heteroatoms. The molecule has 15 heavy (non-hydrogen) atoms. The molecule has 2 nitrogen and oxygen atoms in total. The highest BCUT2D eigenvalue weighted by Crippen LogP contribution is 2.33. The molecule has 1 spiro atoms. The Morgan fingerprint density at radius 1 is 1.00 bits per heavy atom. The van der Waals surface area contributed by atoms with Crippen LogP contribution in [0, 0.1) is 0 Å². The van der Waals surface area contributed by atoms with Gasteiger partial charge in [-0.1, -0.05) is 32.1 Å². The van der Waals surface area contributed by atoms with Crippen LogP contribution < -0.4 is 5.32 Å². The number of hydrogen-bond donors (Lipinski definition) is 1. The third-order valence-corrected chi connectivity index (χ3v) is 4.15. The highest BCUT2D eigenvalue weighted by molar-refractivity contribution is 4.92. The van der Waals surface area contributed by atoms with Crippen molar-refractivity contribution >= 4 is 0 Å². The van der Waals surface area contributed by atoms with Crippen LogP contribution in [0.4, 0.5) is 0 Å². The molecule has 1 aliphatic heterocycles. The van der Waals surface area contributed by atoms with E-state index in [0.29, 0.717) is 12.1 Å². The van der Waals surface area contributed by atoms with E-state index < -0.39 is 0 Å². The van der Waals surface area contributed by atoms with Crippen molar-refractivity contribution in [3.8, 4) is 0 Å². The van der Waals surface area contributed by atoms with E-state index in [0.717, 1.165) is 6.54 Å². The Bertz CT molecular complexity index is 191. The van der Waals surface area contributed by atoms with Crippen molar-refractivity contribution in [1.29, 1.82) is 0 Å². The van der Waals surface area contributed by atoms with Crippen molar-refractivity contribution in [3.05, 3.63) is 0 Å². The van der Waals surface area contributed by atoms with Crippen molar-refractivity contribution in [1.82, 2.24) is 5.32 Å². The third kappa shape index (κ3) is 2.73. The maximum atomic E-state index is 6.30. The first-order chi connectivity index (χ1) is 7.22. The topological polar surface area (TPSA) is 21.3 Å². The second-order valence-electron chi connectivity index (χ2n) is 5.44. The molecular weight excluding hydrogens is 186 g/mol. The van der Waals surface area contributed by atoms with E-state index in [1.807, 2.05) is 0 Å². The van der Waals surface area contributed by atoms with Gasteiger partial charge in [-0.05, 0) is 26.7 Å². The predicted octanol–water partition coefficient (Wildman–Crippen LogP) is 2.87. The second kappa shape index (κ2) is 4.84. The molecule has 88 valence electrons. The van der Waals surface area contributed by atoms with Crippen LogP contribution >= 0.6 is 0 Å². The van der Waals surface area contributed by atoms with Crippen molar-refractivity contribution in [2.45, 2.75) is 76.5 Å². The van der Waals surface area contributed by atoms with Crippen LogP contribution in [0.25, 0.3) is 0 Å². The highest BCUT2D eigenvalue weighted by Gasteiger charge is 2.37. The van der Waals surface area contributed by atoms with Gasteiger partial charge in [-0.3, -0.25) is 0 Å². The second-order valence-corrected chi connectivity index (χ2v) is 5.44. The van der Waals surface area contributed by atoms with Crippen LogP contribution in [0.15, 0.2) is 0 Å². The molecule has 1 N–H and O–H groups in total. The summed E-state index contributed by atoms with van der Waals surface area (Å²) < 4.78 is 6.30. The monoisotopic (exact) mass is 211 g/mol. The van der Waals surface area contributed by atoms with Crippen LogP contribution in [0.2, 0.25) is 0 Å². The summed E-state index contributed by atoms with van der Waals surface area (Å²) in [6.07, 6.45) is 9.82. The quantitative estimate of drug-likeness (QED) is 0.665. The van der Waals surface area contributed by atoms with E-state index in [2.05, 4.69) is 19.2 Å². The number of nitrogens with one attached hydrogen (secondary N) is 1. The minimum absolute atomic E-state index is 0.173.